The minimum atomic E-state index is -0.334. The van der Waals surface area contributed by atoms with E-state index in [1.165, 1.54) is 24.3 Å². The normalized spacial score (nSPS) is 16.9. The van der Waals surface area contributed by atoms with Crippen molar-refractivity contribution in [2.24, 2.45) is 0 Å². The number of benzene rings is 1. The van der Waals surface area contributed by atoms with Gasteiger partial charge in [-0.1, -0.05) is 0 Å². The van der Waals surface area contributed by atoms with Gasteiger partial charge in [-0.15, -0.1) is 0 Å². The number of hydrogen-bond donors (Lipinski definition) is 1. The fourth-order valence-electron chi connectivity index (χ4n) is 2.09. The molecule has 1 aromatic rings. The topological polar surface area (TPSA) is 43.8 Å². The van der Waals surface area contributed by atoms with Gasteiger partial charge in [-0.2, -0.15) is 0 Å². The molecule has 5 heteroatoms. The quantitative estimate of drug-likeness (QED) is 0.855. The molecule has 1 amide bonds. The maximum Gasteiger partial charge on any atom is 0.253 e. The number of rotatable bonds is 3. The lowest BCUT2D eigenvalue weighted by molar-refractivity contribution is 0.0615. The Labute approximate surface area is 106 Å². The van der Waals surface area contributed by atoms with Crippen LogP contribution in [0.3, 0.4) is 0 Å². The van der Waals surface area contributed by atoms with Crippen LogP contribution in [0.1, 0.15) is 10.4 Å². The second kappa shape index (κ2) is 5.93. The number of aliphatic hydroxyl groups is 1. The molecule has 2 rings (SSSR count). The highest BCUT2D eigenvalue weighted by atomic mass is 19.1. The average Bonchev–Trinajstić information content (AvgIpc) is 2.40. The molecule has 0 atom stereocenters. The third-order valence-corrected chi connectivity index (χ3v) is 3.17. The largest absolute Gasteiger partial charge is 0.395 e. The highest BCUT2D eigenvalue weighted by molar-refractivity contribution is 5.94. The van der Waals surface area contributed by atoms with Gasteiger partial charge in [0, 0.05) is 38.3 Å². The van der Waals surface area contributed by atoms with Crippen LogP contribution in [0.25, 0.3) is 0 Å². The van der Waals surface area contributed by atoms with Crippen LogP contribution in [0, 0.1) is 5.82 Å². The van der Waals surface area contributed by atoms with E-state index in [0.29, 0.717) is 25.2 Å². The Hall–Kier alpha value is -1.46. The fourth-order valence-corrected chi connectivity index (χ4v) is 2.09. The third-order valence-electron chi connectivity index (χ3n) is 3.17. The molecule has 1 aliphatic heterocycles. The molecule has 18 heavy (non-hydrogen) atoms. The predicted octanol–water partition coefficient (Wildman–Crippen LogP) is 0.576. The number of halogens is 1. The molecule has 0 unspecified atom stereocenters. The van der Waals surface area contributed by atoms with Crippen LogP contribution in [0.15, 0.2) is 24.3 Å². The van der Waals surface area contributed by atoms with Crippen molar-refractivity contribution in [2.45, 2.75) is 0 Å². The van der Waals surface area contributed by atoms with E-state index in [9.17, 15) is 9.18 Å². The van der Waals surface area contributed by atoms with E-state index in [1.54, 1.807) is 4.90 Å². The predicted molar refractivity (Wildman–Crippen MR) is 65.8 cm³/mol. The Morgan fingerprint density at radius 1 is 1.17 bits per heavy atom. The standard InChI is InChI=1S/C13H17FN2O2/c14-12-3-1-11(2-4-12)13(18)16-7-5-15(6-8-16)9-10-17/h1-4,17H,5-10H2. The maximum absolute atomic E-state index is 12.8. The lowest BCUT2D eigenvalue weighted by atomic mass is 10.2. The molecule has 1 saturated heterocycles. The average molecular weight is 252 g/mol. The molecule has 4 nitrogen and oxygen atoms in total. The maximum atomic E-state index is 12.8. The molecule has 0 radical (unpaired) electrons. The number of β-amino-alcohol motifs (C(OH)–C–C–N with tert-alkyl or cyclic N) is 1. The van der Waals surface area contributed by atoms with Crippen molar-refractivity contribution in [2.75, 3.05) is 39.3 Å². The molecule has 98 valence electrons. The molecule has 0 spiro atoms. The van der Waals surface area contributed by atoms with Gasteiger partial charge in [0.25, 0.3) is 5.91 Å². The zero-order valence-electron chi connectivity index (χ0n) is 10.2. The molecule has 1 fully saturated rings. The Bertz CT molecular complexity index is 400. The number of amides is 1. The molecule has 1 aromatic carbocycles. The molecule has 0 aliphatic carbocycles. The van der Waals surface area contributed by atoms with E-state index in [-0.39, 0.29) is 18.3 Å². The summed E-state index contributed by atoms with van der Waals surface area (Å²) in [5.41, 5.74) is 0.520. The van der Waals surface area contributed by atoms with Crippen LogP contribution in [0.2, 0.25) is 0 Å². The molecule has 1 aliphatic rings. The molecule has 0 bridgehead atoms. The summed E-state index contributed by atoms with van der Waals surface area (Å²) in [5, 5.41) is 8.84. The van der Waals surface area contributed by atoms with Gasteiger partial charge < -0.3 is 10.0 Å². The highest BCUT2D eigenvalue weighted by Crippen LogP contribution is 2.09. The smallest absolute Gasteiger partial charge is 0.253 e. The van der Waals surface area contributed by atoms with Crippen LogP contribution < -0.4 is 0 Å². The van der Waals surface area contributed by atoms with Crippen molar-refractivity contribution in [3.63, 3.8) is 0 Å². The van der Waals surface area contributed by atoms with E-state index in [0.717, 1.165) is 13.1 Å². The third kappa shape index (κ3) is 3.05. The van der Waals surface area contributed by atoms with E-state index < -0.39 is 0 Å². The summed E-state index contributed by atoms with van der Waals surface area (Å²) in [4.78, 5) is 16.0. The molecule has 1 N–H and O–H groups in total. The second-order valence-electron chi connectivity index (χ2n) is 4.36. The summed E-state index contributed by atoms with van der Waals surface area (Å²) in [7, 11) is 0. The number of aliphatic hydroxyl groups excluding tert-OH is 1. The summed E-state index contributed by atoms with van der Waals surface area (Å²) in [6.45, 7) is 3.64. The second-order valence-corrected chi connectivity index (χ2v) is 4.36. The van der Waals surface area contributed by atoms with Gasteiger partial charge in [-0.3, -0.25) is 9.69 Å². The van der Waals surface area contributed by atoms with Crippen LogP contribution in [0.5, 0.6) is 0 Å². The van der Waals surface area contributed by atoms with Crippen molar-refractivity contribution in [3.05, 3.63) is 35.6 Å². The van der Waals surface area contributed by atoms with Gasteiger partial charge in [-0.25, -0.2) is 4.39 Å². The van der Waals surface area contributed by atoms with E-state index >= 15 is 0 Å². The first kappa shape index (κ1) is 13.0. The number of carbonyl (C=O) groups excluding carboxylic acids is 1. The number of hydrogen-bond acceptors (Lipinski definition) is 3. The molecule has 0 saturated carbocycles. The fraction of sp³-hybridized carbons (Fsp3) is 0.462. The van der Waals surface area contributed by atoms with E-state index in [2.05, 4.69) is 4.90 Å². The molecular formula is C13H17FN2O2. The van der Waals surface area contributed by atoms with E-state index in [4.69, 9.17) is 5.11 Å². The molecule has 0 aromatic heterocycles. The SMILES string of the molecule is O=C(c1ccc(F)cc1)N1CCN(CCO)CC1. The minimum absolute atomic E-state index is 0.0568. The van der Waals surface area contributed by atoms with E-state index in [1.807, 2.05) is 0 Å². The van der Waals surface area contributed by atoms with Crippen LogP contribution >= 0.6 is 0 Å². The highest BCUT2D eigenvalue weighted by Gasteiger charge is 2.21. The summed E-state index contributed by atoms with van der Waals surface area (Å²) >= 11 is 0. The Morgan fingerprint density at radius 3 is 2.33 bits per heavy atom. The Kier molecular flexibility index (Phi) is 4.28. The monoisotopic (exact) mass is 252 g/mol. The lowest BCUT2D eigenvalue weighted by Gasteiger charge is -2.34. The number of piperazine rings is 1. The Morgan fingerprint density at radius 2 is 1.78 bits per heavy atom. The number of nitrogens with zero attached hydrogens (tertiary/aromatic N) is 2. The van der Waals surface area contributed by atoms with Gasteiger partial charge in [0.2, 0.25) is 0 Å². The molecular weight excluding hydrogens is 235 g/mol. The lowest BCUT2D eigenvalue weighted by Crippen LogP contribution is -2.49. The van der Waals surface area contributed by atoms with Crippen molar-refractivity contribution < 1.29 is 14.3 Å². The summed E-state index contributed by atoms with van der Waals surface area (Å²) in [6, 6.07) is 5.63. The van der Waals surface area contributed by atoms with Crippen LogP contribution in [0.4, 0.5) is 4.39 Å². The first-order valence-corrected chi connectivity index (χ1v) is 6.09. The van der Waals surface area contributed by atoms with Crippen molar-refractivity contribution in [3.8, 4) is 0 Å². The van der Waals surface area contributed by atoms with Gasteiger partial charge in [0.1, 0.15) is 5.82 Å². The molecule has 1 heterocycles. The summed E-state index contributed by atoms with van der Waals surface area (Å²) in [5.74, 6) is -0.391. The first-order valence-electron chi connectivity index (χ1n) is 6.09. The van der Waals surface area contributed by atoms with Crippen LogP contribution in [-0.4, -0.2) is 60.1 Å². The van der Waals surface area contributed by atoms with Gasteiger partial charge >= 0.3 is 0 Å². The minimum Gasteiger partial charge on any atom is -0.395 e. The van der Waals surface area contributed by atoms with Gasteiger partial charge in [-0.05, 0) is 24.3 Å². The first-order chi connectivity index (χ1) is 8.70. The van der Waals surface area contributed by atoms with Crippen molar-refractivity contribution in [1.82, 2.24) is 9.80 Å². The summed E-state index contributed by atoms with van der Waals surface area (Å²) in [6.07, 6.45) is 0. The number of carbonyl (C=O) groups is 1. The Balaban J connectivity index is 1.93. The zero-order valence-corrected chi connectivity index (χ0v) is 10.2. The van der Waals surface area contributed by atoms with Crippen LogP contribution in [-0.2, 0) is 0 Å². The van der Waals surface area contributed by atoms with Gasteiger partial charge in [0.15, 0.2) is 0 Å². The van der Waals surface area contributed by atoms with Crippen molar-refractivity contribution in [1.29, 1.82) is 0 Å². The van der Waals surface area contributed by atoms with Crippen molar-refractivity contribution >= 4 is 5.91 Å². The zero-order chi connectivity index (χ0) is 13.0. The van der Waals surface area contributed by atoms with Gasteiger partial charge in [0.05, 0.1) is 6.61 Å². The summed E-state index contributed by atoms with van der Waals surface area (Å²) < 4.78 is 12.8.